The molecular weight excluding hydrogens is 441 g/mol. The molecule has 0 aliphatic carbocycles. The van der Waals surface area contributed by atoms with Crippen LogP contribution < -0.4 is 4.90 Å². The van der Waals surface area contributed by atoms with Crippen LogP contribution in [-0.4, -0.2) is 65.0 Å². The average molecular weight is 468 g/mol. The predicted octanol–water partition coefficient (Wildman–Crippen LogP) is 3.70. The van der Waals surface area contributed by atoms with Gasteiger partial charge in [0.05, 0.1) is 18.9 Å². The maximum absolute atomic E-state index is 14.2. The van der Waals surface area contributed by atoms with Gasteiger partial charge in [0.2, 0.25) is 11.9 Å². The summed E-state index contributed by atoms with van der Waals surface area (Å²) >= 11 is 1.37. The molecule has 0 N–H and O–H groups in total. The van der Waals surface area contributed by atoms with Gasteiger partial charge in [-0.15, -0.1) is 10.2 Å². The maximum Gasteiger partial charge on any atom is 0.240 e. The van der Waals surface area contributed by atoms with Gasteiger partial charge in [0, 0.05) is 26.2 Å². The van der Waals surface area contributed by atoms with Crippen LogP contribution in [0.1, 0.15) is 23.7 Å². The quantitative estimate of drug-likeness (QED) is 0.515. The zero-order valence-corrected chi connectivity index (χ0v) is 19.1. The van der Waals surface area contributed by atoms with Gasteiger partial charge >= 0.3 is 0 Å². The lowest BCUT2D eigenvalue weighted by molar-refractivity contribution is -0.129. The first-order chi connectivity index (χ1) is 16.2. The van der Waals surface area contributed by atoms with Crippen LogP contribution in [0.2, 0.25) is 0 Å². The second-order valence-electron chi connectivity index (χ2n) is 8.14. The molecule has 33 heavy (non-hydrogen) atoms. The van der Waals surface area contributed by atoms with Crippen LogP contribution in [0, 0.1) is 5.82 Å². The zero-order valence-electron chi connectivity index (χ0n) is 18.3. The molecule has 0 radical (unpaired) electrons. The number of ether oxygens (including phenoxy) is 1. The second kappa shape index (κ2) is 9.93. The molecule has 1 unspecified atom stereocenters. The summed E-state index contributed by atoms with van der Waals surface area (Å²) < 4.78 is 21.5. The molecule has 9 heteroatoms. The van der Waals surface area contributed by atoms with E-state index in [-0.39, 0.29) is 11.7 Å². The highest BCUT2D eigenvalue weighted by Gasteiger charge is 2.32. The van der Waals surface area contributed by atoms with Gasteiger partial charge in [-0.1, -0.05) is 48.2 Å². The molecule has 3 aromatic rings. The van der Waals surface area contributed by atoms with Gasteiger partial charge in [-0.2, -0.15) is 0 Å². The van der Waals surface area contributed by atoms with Crippen molar-refractivity contribution in [2.75, 3.05) is 44.3 Å². The molecule has 2 aliphatic rings. The minimum Gasteiger partial charge on any atom is -0.378 e. The van der Waals surface area contributed by atoms with E-state index in [0.717, 1.165) is 31.5 Å². The molecule has 0 spiro atoms. The van der Waals surface area contributed by atoms with E-state index >= 15 is 0 Å². The number of nitrogens with zero attached hydrogens (tertiary/aromatic N) is 5. The molecule has 172 valence electrons. The third kappa shape index (κ3) is 4.74. The summed E-state index contributed by atoms with van der Waals surface area (Å²) in [7, 11) is 0. The van der Waals surface area contributed by atoms with E-state index in [1.807, 2.05) is 45.9 Å². The van der Waals surface area contributed by atoms with E-state index < -0.39 is 5.25 Å². The minimum absolute atomic E-state index is 0.0745. The van der Waals surface area contributed by atoms with Gasteiger partial charge in [0.1, 0.15) is 11.1 Å². The van der Waals surface area contributed by atoms with E-state index in [9.17, 15) is 9.18 Å². The molecule has 1 amide bonds. The first kappa shape index (κ1) is 21.9. The fourth-order valence-corrected chi connectivity index (χ4v) is 5.38. The van der Waals surface area contributed by atoms with Crippen molar-refractivity contribution in [3.8, 4) is 5.69 Å². The first-order valence-corrected chi connectivity index (χ1v) is 12.1. The third-order valence-electron chi connectivity index (χ3n) is 5.94. The van der Waals surface area contributed by atoms with Crippen LogP contribution in [0.25, 0.3) is 5.69 Å². The Kier molecular flexibility index (Phi) is 6.59. The van der Waals surface area contributed by atoms with Crippen LogP contribution in [0.4, 0.5) is 10.3 Å². The number of thioether (sulfide) groups is 1. The van der Waals surface area contributed by atoms with Crippen molar-refractivity contribution in [2.45, 2.75) is 23.2 Å². The van der Waals surface area contributed by atoms with E-state index in [1.54, 1.807) is 6.07 Å². The van der Waals surface area contributed by atoms with Crippen molar-refractivity contribution in [3.05, 3.63) is 66.0 Å². The second-order valence-corrected chi connectivity index (χ2v) is 9.21. The number of morpholine rings is 1. The van der Waals surface area contributed by atoms with E-state index in [2.05, 4.69) is 15.1 Å². The van der Waals surface area contributed by atoms with Gasteiger partial charge in [-0.05, 0) is 36.6 Å². The Morgan fingerprint density at radius 1 is 0.970 bits per heavy atom. The lowest BCUT2D eigenvalue weighted by Gasteiger charge is -2.28. The molecule has 2 saturated heterocycles. The number of amides is 1. The van der Waals surface area contributed by atoms with Crippen molar-refractivity contribution in [2.24, 2.45) is 0 Å². The number of anilines is 1. The minimum atomic E-state index is -0.460. The van der Waals surface area contributed by atoms with E-state index in [4.69, 9.17) is 4.74 Å². The summed E-state index contributed by atoms with van der Waals surface area (Å²) in [6.45, 7) is 4.09. The number of aromatic nitrogens is 3. The highest BCUT2D eigenvalue weighted by atomic mass is 32.2. The highest BCUT2D eigenvalue weighted by molar-refractivity contribution is 8.00. The van der Waals surface area contributed by atoms with Crippen LogP contribution >= 0.6 is 11.8 Å². The molecule has 7 nitrogen and oxygen atoms in total. The molecular formula is C24H26FN5O2S. The third-order valence-corrected chi connectivity index (χ3v) is 7.13. The lowest BCUT2D eigenvalue weighted by Crippen LogP contribution is -2.38. The molecule has 2 aliphatic heterocycles. The summed E-state index contributed by atoms with van der Waals surface area (Å²) in [6.07, 6.45) is 2.05. The van der Waals surface area contributed by atoms with E-state index in [0.29, 0.717) is 43.1 Å². The van der Waals surface area contributed by atoms with Crippen LogP contribution in [0.3, 0.4) is 0 Å². The Morgan fingerprint density at radius 3 is 2.45 bits per heavy atom. The lowest BCUT2D eigenvalue weighted by atomic mass is 10.1. The van der Waals surface area contributed by atoms with Gasteiger partial charge in [-0.25, -0.2) is 4.39 Å². The summed E-state index contributed by atoms with van der Waals surface area (Å²) in [4.78, 5) is 17.5. The van der Waals surface area contributed by atoms with Crippen molar-refractivity contribution < 1.29 is 13.9 Å². The number of halogens is 1. The Labute approximate surface area is 196 Å². The van der Waals surface area contributed by atoms with Crippen LogP contribution in [0.15, 0.2) is 59.8 Å². The molecule has 2 fully saturated rings. The monoisotopic (exact) mass is 467 g/mol. The van der Waals surface area contributed by atoms with Crippen LogP contribution in [-0.2, 0) is 9.53 Å². The number of likely N-dealkylation sites (tertiary alicyclic amines) is 1. The predicted molar refractivity (Wildman–Crippen MR) is 125 cm³/mol. The molecule has 1 aromatic heterocycles. The number of rotatable bonds is 6. The van der Waals surface area contributed by atoms with Crippen molar-refractivity contribution in [3.63, 3.8) is 0 Å². The molecule has 0 bridgehead atoms. The number of hydrogen-bond acceptors (Lipinski definition) is 6. The van der Waals surface area contributed by atoms with Crippen molar-refractivity contribution >= 4 is 23.6 Å². The summed E-state index contributed by atoms with van der Waals surface area (Å²) in [5.74, 6) is 0.370. The van der Waals surface area contributed by atoms with E-state index in [1.165, 1.54) is 23.9 Å². The smallest absolute Gasteiger partial charge is 0.240 e. The first-order valence-electron chi connectivity index (χ1n) is 11.2. The fraction of sp³-hybridized carbons (Fsp3) is 0.375. The standard InChI is InChI=1S/C24H26FN5O2S/c25-19-9-6-10-20(17-19)30-23(29-13-15-32-16-14-29)26-27-24(30)33-21(18-7-2-1-3-8-18)22(31)28-11-4-5-12-28/h1-3,6-10,17,21H,4-5,11-16H2. The molecule has 3 heterocycles. The summed E-state index contributed by atoms with van der Waals surface area (Å²) in [5, 5.41) is 9.04. The van der Waals surface area contributed by atoms with Gasteiger partial charge < -0.3 is 14.5 Å². The SMILES string of the molecule is O=C(C(Sc1nnc(N2CCOCC2)n1-c1cccc(F)c1)c1ccccc1)N1CCCC1. The topological polar surface area (TPSA) is 63.5 Å². The summed E-state index contributed by atoms with van der Waals surface area (Å²) in [5.41, 5.74) is 1.55. The molecule has 2 aromatic carbocycles. The maximum atomic E-state index is 14.2. The molecule has 5 rings (SSSR count). The van der Waals surface area contributed by atoms with Crippen molar-refractivity contribution in [1.82, 2.24) is 19.7 Å². The Balaban J connectivity index is 1.55. The van der Waals surface area contributed by atoms with Crippen LogP contribution in [0.5, 0.6) is 0 Å². The van der Waals surface area contributed by atoms with Gasteiger partial charge in [0.15, 0.2) is 5.16 Å². The molecule has 0 saturated carbocycles. The molecule has 1 atom stereocenters. The Bertz CT molecular complexity index is 1100. The average Bonchev–Trinajstić information content (AvgIpc) is 3.54. The number of carbonyl (C=O) groups excluding carboxylic acids is 1. The zero-order chi connectivity index (χ0) is 22.6. The summed E-state index contributed by atoms with van der Waals surface area (Å²) in [6, 6.07) is 16.2. The number of benzene rings is 2. The Morgan fingerprint density at radius 2 is 1.73 bits per heavy atom. The largest absolute Gasteiger partial charge is 0.378 e. The van der Waals surface area contributed by atoms with Gasteiger partial charge in [-0.3, -0.25) is 9.36 Å². The fourth-order valence-electron chi connectivity index (χ4n) is 4.25. The number of carbonyl (C=O) groups is 1. The van der Waals surface area contributed by atoms with Crippen molar-refractivity contribution in [1.29, 1.82) is 0 Å². The Hall–Kier alpha value is -2.91. The normalized spacial score (nSPS) is 17.4. The highest BCUT2D eigenvalue weighted by Crippen LogP contribution is 2.39. The number of hydrogen-bond donors (Lipinski definition) is 0. The van der Waals surface area contributed by atoms with Gasteiger partial charge in [0.25, 0.3) is 0 Å².